The SMILES string of the molecule is NC1=NCn2ccnc21. The summed E-state index contributed by atoms with van der Waals surface area (Å²) in [7, 11) is 0. The van der Waals surface area contributed by atoms with Gasteiger partial charge in [0, 0.05) is 12.4 Å². The molecule has 9 heavy (non-hydrogen) atoms. The Bertz CT molecular complexity index is 260. The van der Waals surface area contributed by atoms with Gasteiger partial charge >= 0.3 is 0 Å². The maximum absolute atomic E-state index is 5.46. The number of hydrogen-bond acceptors (Lipinski definition) is 3. The Morgan fingerprint density at radius 1 is 1.67 bits per heavy atom. The van der Waals surface area contributed by atoms with Crippen molar-refractivity contribution in [2.24, 2.45) is 10.7 Å². The largest absolute Gasteiger partial charge is 0.381 e. The molecule has 0 radical (unpaired) electrons. The number of amidine groups is 1. The van der Waals surface area contributed by atoms with Crippen molar-refractivity contribution in [1.82, 2.24) is 9.55 Å². The van der Waals surface area contributed by atoms with Gasteiger partial charge in [0.1, 0.15) is 6.67 Å². The van der Waals surface area contributed by atoms with E-state index in [1.54, 1.807) is 6.20 Å². The number of hydrogen-bond donors (Lipinski definition) is 1. The molecule has 2 rings (SSSR count). The van der Waals surface area contributed by atoms with Crippen LogP contribution in [0.4, 0.5) is 0 Å². The molecule has 46 valence electrons. The van der Waals surface area contributed by atoms with Crippen LogP contribution in [-0.2, 0) is 6.67 Å². The molecule has 4 heteroatoms. The zero-order chi connectivity index (χ0) is 6.27. The van der Waals surface area contributed by atoms with E-state index in [9.17, 15) is 0 Å². The third-order valence-electron chi connectivity index (χ3n) is 1.34. The monoisotopic (exact) mass is 122 g/mol. The van der Waals surface area contributed by atoms with Crippen molar-refractivity contribution in [3.05, 3.63) is 18.2 Å². The lowest BCUT2D eigenvalue weighted by molar-refractivity contribution is 0.762. The molecule has 0 aromatic carbocycles. The number of rotatable bonds is 0. The van der Waals surface area contributed by atoms with Crippen LogP contribution in [0.15, 0.2) is 17.4 Å². The van der Waals surface area contributed by atoms with Crippen LogP contribution in [0, 0.1) is 0 Å². The molecular weight excluding hydrogens is 116 g/mol. The Labute approximate surface area is 52.0 Å². The Kier molecular flexibility index (Phi) is 0.677. The van der Waals surface area contributed by atoms with E-state index in [0.717, 1.165) is 5.82 Å². The first-order chi connectivity index (χ1) is 4.38. The van der Waals surface area contributed by atoms with Crippen LogP contribution in [0.25, 0.3) is 0 Å². The Morgan fingerprint density at radius 3 is 3.33 bits per heavy atom. The quantitative estimate of drug-likeness (QED) is 0.507. The topological polar surface area (TPSA) is 56.2 Å². The summed E-state index contributed by atoms with van der Waals surface area (Å²) >= 11 is 0. The number of aromatic nitrogens is 2. The average molecular weight is 122 g/mol. The van der Waals surface area contributed by atoms with Gasteiger partial charge in [-0.05, 0) is 0 Å². The highest BCUT2D eigenvalue weighted by atomic mass is 15.2. The smallest absolute Gasteiger partial charge is 0.176 e. The Morgan fingerprint density at radius 2 is 2.56 bits per heavy atom. The highest BCUT2D eigenvalue weighted by molar-refractivity contribution is 5.95. The van der Waals surface area contributed by atoms with Gasteiger partial charge in [0.05, 0.1) is 0 Å². The second-order valence-electron chi connectivity index (χ2n) is 1.91. The van der Waals surface area contributed by atoms with Crippen molar-refractivity contribution < 1.29 is 0 Å². The fourth-order valence-corrected chi connectivity index (χ4v) is 0.880. The first-order valence-corrected chi connectivity index (χ1v) is 2.69. The second kappa shape index (κ2) is 1.34. The van der Waals surface area contributed by atoms with E-state index in [2.05, 4.69) is 9.98 Å². The molecule has 0 bridgehead atoms. The summed E-state index contributed by atoms with van der Waals surface area (Å²) in [5.74, 6) is 1.33. The fourth-order valence-electron chi connectivity index (χ4n) is 0.880. The van der Waals surface area contributed by atoms with Gasteiger partial charge in [0.25, 0.3) is 0 Å². The minimum Gasteiger partial charge on any atom is -0.381 e. The van der Waals surface area contributed by atoms with E-state index in [1.165, 1.54) is 0 Å². The standard InChI is InChI=1S/C5H6N4/c6-4-5-7-1-2-9(5)3-8-4/h1-2H,3H2,(H2,6,8). The van der Waals surface area contributed by atoms with Crippen LogP contribution in [0.1, 0.15) is 5.82 Å². The molecular formula is C5H6N4. The molecule has 0 amide bonds. The lowest BCUT2D eigenvalue weighted by atomic mass is 10.6. The number of nitrogens with zero attached hydrogens (tertiary/aromatic N) is 3. The summed E-state index contributed by atoms with van der Waals surface area (Å²) in [5.41, 5.74) is 5.46. The van der Waals surface area contributed by atoms with Crippen molar-refractivity contribution in [2.75, 3.05) is 0 Å². The first-order valence-electron chi connectivity index (χ1n) is 2.69. The molecule has 0 saturated heterocycles. The summed E-state index contributed by atoms with van der Waals surface area (Å²) in [6.07, 6.45) is 3.58. The van der Waals surface area contributed by atoms with Crippen molar-refractivity contribution in [1.29, 1.82) is 0 Å². The van der Waals surface area contributed by atoms with Gasteiger partial charge in [0.2, 0.25) is 0 Å². The molecule has 2 N–H and O–H groups in total. The predicted molar refractivity (Wildman–Crippen MR) is 33.0 cm³/mol. The maximum atomic E-state index is 5.46. The van der Waals surface area contributed by atoms with E-state index >= 15 is 0 Å². The van der Waals surface area contributed by atoms with E-state index in [0.29, 0.717) is 12.5 Å². The Balaban J connectivity index is 2.62. The molecule has 0 atom stereocenters. The van der Waals surface area contributed by atoms with Crippen LogP contribution < -0.4 is 5.73 Å². The van der Waals surface area contributed by atoms with Crippen LogP contribution >= 0.6 is 0 Å². The average Bonchev–Trinajstić information content (AvgIpc) is 2.35. The van der Waals surface area contributed by atoms with E-state index in [1.807, 2.05) is 10.8 Å². The lowest BCUT2D eigenvalue weighted by Gasteiger charge is -1.88. The minimum atomic E-state index is 0.542. The maximum Gasteiger partial charge on any atom is 0.176 e. The van der Waals surface area contributed by atoms with Crippen molar-refractivity contribution in [2.45, 2.75) is 6.67 Å². The van der Waals surface area contributed by atoms with Crippen LogP contribution in [0.3, 0.4) is 0 Å². The van der Waals surface area contributed by atoms with Gasteiger partial charge in [-0.1, -0.05) is 0 Å². The predicted octanol–water partition coefficient (Wildman–Crippen LogP) is -0.441. The molecule has 1 aromatic rings. The molecule has 1 aliphatic heterocycles. The molecule has 0 aliphatic carbocycles. The van der Waals surface area contributed by atoms with E-state index in [4.69, 9.17) is 5.73 Å². The summed E-state index contributed by atoms with van der Waals surface area (Å²) in [6, 6.07) is 0. The normalized spacial score (nSPS) is 15.3. The summed E-state index contributed by atoms with van der Waals surface area (Å²) < 4.78 is 1.90. The van der Waals surface area contributed by atoms with Crippen molar-refractivity contribution >= 4 is 5.84 Å². The summed E-state index contributed by atoms with van der Waals surface area (Å²) in [4.78, 5) is 7.94. The van der Waals surface area contributed by atoms with Gasteiger partial charge in [-0.3, -0.25) is 0 Å². The third kappa shape index (κ3) is 0.468. The van der Waals surface area contributed by atoms with Gasteiger partial charge in [-0.25, -0.2) is 9.98 Å². The zero-order valence-electron chi connectivity index (χ0n) is 4.78. The molecule has 1 aromatic heterocycles. The van der Waals surface area contributed by atoms with Crippen LogP contribution in [-0.4, -0.2) is 15.4 Å². The van der Waals surface area contributed by atoms with Gasteiger partial charge < -0.3 is 10.3 Å². The molecule has 0 unspecified atom stereocenters. The molecule has 0 spiro atoms. The van der Waals surface area contributed by atoms with Gasteiger partial charge in [-0.2, -0.15) is 0 Å². The second-order valence-corrected chi connectivity index (χ2v) is 1.91. The number of nitrogens with two attached hydrogens (primary N) is 1. The van der Waals surface area contributed by atoms with Crippen molar-refractivity contribution in [3.63, 3.8) is 0 Å². The fraction of sp³-hybridized carbons (Fsp3) is 0.200. The summed E-state index contributed by atoms with van der Waals surface area (Å²) in [5, 5.41) is 0. The highest BCUT2D eigenvalue weighted by Gasteiger charge is 2.11. The molecule has 4 nitrogen and oxygen atoms in total. The number of imidazole rings is 1. The lowest BCUT2D eigenvalue weighted by Crippen LogP contribution is -2.12. The van der Waals surface area contributed by atoms with E-state index < -0.39 is 0 Å². The molecule has 0 saturated carbocycles. The number of aliphatic imine (C=N–C) groups is 1. The minimum absolute atomic E-state index is 0.542. The van der Waals surface area contributed by atoms with Gasteiger partial charge in [-0.15, -0.1) is 0 Å². The van der Waals surface area contributed by atoms with Crippen molar-refractivity contribution in [3.8, 4) is 0 Å². The van der Waals surface area contributed by atoms with E-state index in [-0.39, 0.29) is 0 Å². The zero-order valence-corrected chi connectivity index (χ0v) is 4.78. The Hall–Kier alpha value is -1.32. The summed E-state index contributed by atoms with van der Waals surface area (Å²) in [6.45, 7) is 0.626. The molecule has 1 aliphatic rings. The van der Waals surface area contributed by atoms with Gasteiger partial charge in [0.15, 0.2) is 11.7 Å². The third-order valence-corrected chi connectivity index (χ3v) is 1.34. The number of fused-ring (bicyclic) bond motifs is 1. The van der Waals surface area contributed by atoms with Crippen LogP contribution in [0.2, 0.25) is 0 Å². The first kappa shape index (κ1) is 4.55. The highest BCUT2D eigenvalue weighted by Crippen LogP contribution is 2.03. The van der Waals surface area contributed by atoms with Crippen LogP contribution in [0.5, 0.6) is 0 Å². The molecule has 0 fully saturated rings. The molecule has 2 heterocycles.